The van der Waals surface area contributed by atoms with E-state index in [1.807, 2.05) is 0 Å². The molecule has 7 heteroatoms. The topological polar surface area (TPSA) is 117 Å². The van der Waals surface area contributed by atoms with Crippen molar-refractivity contribution < 1.29 is 19.1 Å². The number of methoxy groups -OCH3 is 2. The molecule has 0 aromatic heterocycles. The molecule has 88 valence electrons. The van der Waals surface area contributed by atoms with E-state index >= 15 is 0 Å². The molecule has 0 aliphatic heterocycles. The van der Waals surface area contributed by atoms with E-state index in [4.69, 9.17) is 11.6 Å². The number of esters is 1. The molecule has 0 radical (unpaired) electrons. The second-order valence-corrected chi connectivity index (χ2v) is 2.31. The minimum Gasteiger partial charge on any atom is -0.464 e. The maximum absolute atomic E-state index is 10.8. The van der Waals surface area contributed by atoms with Crippen molar-refractivity contribution in [3.05, 3.63) is 11.4 Å². The molecule has 0 rings (SSSR count). The normalized spacial score (nSPS) is 10.4. The molecule has 0 saturated heterocycles. The molecule has 0 aromatic rings. The molecule has 0 unspecified atom stereocenters. The Morgan fingerprint density at radius 3 is 2.13 bits per heavy atom. The summed E-state index contributed by atoms with van der Waals surface area (Å²) < 4.78 is 8.56. The summed E-state index contributed by atoms with van der Waals surface area (Å²) in [5.41, 5.74) is 7.37. The van der Waals surface area contributed by atoms with E-state index in [1.165, 1.54) is 7.11 Å². The molecule has 7 nitrogen and oxygen atoms in total. The molecule has 0 heterocycles. The monoisotopic (exact) mass is 219 g/mol. The van der Waals surface area contributed by atoms with E-state index in [1.54, 1.807) is 14.2 Å². The number of aldehydes is 1. The van der Waals surface area contributed by atoms with Crippen molar-refractivity contribution in [3.8, 4) is 0 Å². The predicted octanol–water partition coefficient (Wildman–Crippen LogP) is -1.36. The Hall–Kier alpha value is -1.60. The maximum Gasteiger partial charge on any atom is 0.355 e. The summed E-state index contributed by atoms with van der Waals surface area (Å²) in [6.45, 7) is 0. The minimum absolute atomic E-state index is 0.0442. The summed E-state index contributed by atoms with van der Waals surface area (Å²) in [7, 11) is 4.43. The number of hydrogen-bond acceptors (Lipinski definition) is 7. The minimum atomic E-state index is -0.718. The molecule has 0 atom stereocenters. The van der Waals surface area contributed by atoms with Gasteiger partial charge in [0.05, 0.1) is 12.8 Å². The lowest BCUT2D eigenvalue weighted by atomic mass is 10.3. The third-order valence-corrected chi connectivity index (χ3v) is 1.19. The second-order valence-electron chi connectivity index (χ2n) is 2.31. The molecule has 0 saturated carbocycles. The number of carbonyl (C=O) groups excluding carboxylic acids is 2. The van der Waals surface area contributed by atoms with Gasteiger partial charge in [0.2, 0.25) is 0 Å². The van der Waals surface area contributed by atoms with Crippen LogP contribution in [0.25, 0.3) is 0 Å². The van der Waals surface area contributed by atoms with Gasteiger partial charge >= 0.3 is 5.97 Å². The zero-order chi connectivity index (χ0) is 12.3. The third kappa shape index (κ3) is 7.47. The van der Waals surface area contributed by atoms with Crippen molar-refractivity contribution in [2.24, 2.45) is 11.6 Å². The van der Waals surface area contributed by atoms with Gasteiger partial charge in [-0.25, -0.2) is 4.79 Å². The molecule has 0 bridgehead atoms. The van der Waals surface area contributed by atoms with E-state index in [-0.39, 0.29) is 17.8 Å². The maximum atomic E-state index is 10.8. The van der Waals surface area contributed by atoms with Gasteiger partial charge in [0.15, 0.2) is 0 Å². The van der Waals surface area contributed by atoms with Crippen molar-refractivity contribution in [1.29, 1.82) is 0 Å². The Bertz CT molecular complexity index is 228. The van der Waals surface area contributed by atoms with Gasteiger partial charge in [0, 0.05) is 20.6 Å². The molecule has 15 heavy (non-hydrogen) atoms. The molecule has 5 N–H and O–H groups in total. The van der Waals surface area contributed by atoms with Crippen LogP contribution < -0.4 is 17.0 Å². The van der Waals surface area contributed by atoms with Crippen LogP contribution in [0.5, 0.6) is 0 Å². The summed E-state index contributed by atoms with van der Waals surface area (Å²) in [6, 6.07) is 0. The number of carbonyl (C=O) groups is 2. The molecular formula is C8H17N3O4. The first-order valence-electron chi connectivity index (χ1n) is 3.96. The van der Waals surface area contributed by atoms with Crippen LogP contribution in [0.2, 0.25) is 0 Å². The van der Waals surface area contributed by atoms with Gasteiger partial charge in [-0.3, -0.25) is 5.84 Å². The lowest BCUT2D eigenvalue weighted by molar-refractivity contribution is -0.136. The smallest absolute Gasteiger partial charge is 0.355 e. The zero-order valence-electron chi connectivity index (χ0n) is 9.07. The highest BCUT2D eigenvalue weighted by Crippen LogP contribution is 1.98. The van der Waals surface area contributed by atoms with Crippen LogP contribution in [0.15, 0.2) is 11.4 Å². The van der Waals surface area contributed by atoms with E-state index in [9.17, 15) is 9.59 Å². The van der Waals surface area contributed by atoms with Gasteiger partial charge < -0.3 is 25.4 Å². The first-order valence-corrected chi connectivity index (χ1v) is 3.96. The average molecular weight is 219 g/mol. The van der Waals surface area contributed by atoms with E-state index in [0.29, 0.717) is 6.29 Å². The molecule has 0 aliphatic rings. The largest absolute Gasteiger partial charge is 0.464 e. The van der Waals surface area contributed by atoms with Crippen LogP contribution in [-0.2, 0) is 19.1 Å². The Morgan fingerprint density at radius 2 is 1.87 bits per heavy atom. The standard InChI is InChI=1S/C6H11N3O3.C2H6O/c1-12-6(11)5(7)4(9-8)2-3-10;1-3-2/h3,9H,2,7-8H2,1H3;1-2H3/b5-4-;. The highest BCUT2D eigenvalue weighted by Gasteiger charge is 2.10. The zero-order valence-corrected chi connectivity index (χ0v) is 9.07. The Morgan fingerprint density at radius 1 is 1.40 bits per heavy atom. The molecule has 0 amide bonds. The summed E-state index contributed by atoms with van der Waals surface area (Å²) in [5.74, 6) is 4.28. The van der Waals surface area contributed by atoms with Crippen LogP contribution in [0.4, 0.5) is 0 Å². The number of nitrogens with one attached hydrogen (secondary N) is 1. The van der Waals surface area contributed by atoms with Crippen LogP contribution in [0.1, 0.15) is 6.42 Å². The summed E-state index contributed by atoms with van der Waals surface area (Å²) in [4.78, 5) is 20.8. The molecule has 0 fully saturated rings. The Balaban J connectivity index is 0. The van der Waals surface area contributed by atoms with Crippen LogP contribution in [-0.4, -0.2) is 33.6 Å². The van der Waals surface area contributed by atoms with Gasteiger partial charge in [0.1, 0.15) is 12.0 Å². The fourth-order valence-electron chi connectivity index (χ4n) is 0.563. The Kier molecular flexibility index (Phi) is 11.1. The number of ether oxygens (including phenoxy) is 2. The summed E-state index contributed by atoms with van der Waals surface area (Å²) >= 11 is 0. The average Bonchev–Trinajstić information content (AvgIpc) is 2.25. The summed E-state index contributed by atoms with van der Waals surface area (Å²) in [5, 5.41) is 0. The van der Waals surface area contributed by atoms with E-state index in [0.717, 1.165) is 0 Å². The first kappa shape index (κ1) is 15.9. The van der Waals surface area contributed by atoms with Crippen LogP contribution in [0, 0.1) is 0 Å². The van der Waals surface area contributed by atoms with Crippen molar-refractivity contribution in [3.63, 3.8) is 0 Å². The number of hydrogen-bond donors (Lipinski definition) is 3. The van der Waals surface area contributed by atoms with E-state index < -0.39 is 5.97 Å². The number of nitrogens with two attached hydrogens (primary N) is 2. The fraction of sp³-hybridized carbons (Fsp3) is 0.500. The lowest BCUT2D eigenvalue weighted by Crippen LogP contribution is -2.28. The Labute approximate surface area is 88.4 Å². The van der Waals surface area contributed by atoms with Gasteiger partial charge in [-0.05, 0) is 0 Å². The quantitative estimate of drug-likeness (QED) is 0.176. The van der Waals surface area contributed by atoms with Gasteiger partial charge in [-0.15, -0.1) is 0 Å². The van der Waals surface area contributed by atoms with Crippen molar-refractivity contribution in [2.75, 3.05) is 21.3 Å². The molecular weight excluding hydrogens is 202 g/mol. The van der Waals surface area contributed by atoms with Crippen molar-refractivity contribution >= 4 is 12.3 Å². The predicted molar refractivity (Wildman–Crippen MR) is 54.2 cm³/mol. The van der Waals surface area contributed by atoms with Gasteiger partial charge in [0.25, 0.3) is 0 Å². The third-order valence-electron chi connectivity index (χ3n) is 1.19. The fourth-order valence-corrected chi connectivity index (χ4v) is 0.563. The number of hydrazine groups is 1. The van der Waals surface area contributed by atoms with Crippen molar-refractivity contribution in [1.82, 2.24) is 5.43 Å². The van der Waals surface area contributed by atoms with Crippen LogP contribution in [0.3, 0.4) is 0 Å². The molecule has 0 aliphatic carbocycles. The SMILES string of the molecule is COC.COC(=O)/C(N)=C(\CC=O)NN. The van der Waals surface area contributed by atoms with Gasteiger partial charge in [-0.2, -0.15) is 0 Å². The summed E-state index contributed by atoms with van der Waals surface area (Å²) in [6.07, 6.45) is 0.530. The highest BCUT2D eigenvalue weighted by molar-refractivity contribution is 5.88. The van der Waals surface area contributed by atoms with E-state index in [2.05, 4.69) is 14.9 Å². The molecule has 0 aromatic carbocycles. The number of rotatable bonds is 4. The van der Waals surface area contributed by atoms with Gasteiger partial charge in [-0.1, -0.05) is 0 Å². The van der Waals surface area contributed by atoms with Crippen LogP contribution >= 0.6 is 0 Å². The second kappa shape index (κ2) is 10.5. The highest BCUT2D eigenvalue weighted by atomic mass is 16.5. The molecule has 0 spiro atoms. The lowest BCUT2D eigenvalue weighted by Gasteiger charge is -2.05. The first-order chi connectivity index (χ1) is 7.08. The number of allylic oxidation sites excluding steroid dienone is 1. The van der Waals surface area contributed by atoms with Crippen molar-refractivity contribution in [2.45, 2.75) is 6.42 Å².